The minimum atomic E-state index is -1.38. The van der Waals surface area contributed by atoms with Gasteiger partial charge in [0, 0.05) is 18.3 Å². The number of hydrogen-bond acceptors (Lipinski definition) is 6. The van der Waals surface area contributed by atoms with Crippen molar-refractivity contribution in [1.82, 2.24) is 10.3 Å². The molecule has 0 aliphatic carbocycles. The summed E-state index contributed by atoms with van der Waals surface area (Å²) in [5.74, 6) is -0.858. The number of anilines is 1. The summed E-state index contributed by atoms with van der Waals surface area (Å²) in [5.41, 5.74) is 6.07. The fraction of sp³-hybridized carbons (Fsp3) is 0.250. The lowest BCUT2D eigenvalue weighted by atomic mass is 10.1. The third-order valence-electron chi connectivity index (χ3n) is 3.26. The number of carbonyl (C=O) groups excluding carboxylic acids is 1. The number of nitrogen functional groups attached to an aromatic ring is 1. The van der Waals surface area contributed by atoms with Crippen LogP contribution >= 0.6 is 0 Å². The molecule has 1 heterocycles. The number of ether oxygens (including phenoxy) is 1. The zero-order valence-corrected chi connectivity index (χ0v) is 12.7. The van der Waals surface area contributed by atoms with Crippen LogP contribution in [0.5, 0.6) is 0 Å². The number of nitrogens with two attached hydrogens (primary N) is 1. The molecular formula is C16H18FN3O4. The highest BCUT2D eigenvalue weighted by Gasteiger charge is 2.20. The van der Waals surface area contributed by atoms with Crippen molar-refractivity contribution >= 4 is 11.8 Å². The molecule has 1 aromatic heterocycles. The van der Waals surface area contributed by atoms with Crippen LogP contribution in [-0.4, -0.2) is 33.9 Å². The lowest BCUT2D eigenvalue weighted by Gasteiger charge is -2.18. The first kappa shape index (κ1) is 17.6. The number of amides is 1. The zero-order chi connectivity index (χ0) is 17.5. The number of halogens is 1. The molecule has 2 rings (SSSR count). The highest BCUT2D eigenvalue weighted by molar-refractivity contribution is 5.67. The predicted molar refractivity (Wildman–Crippen MR) is 84.2 cm³/mol. The number of aliphatic hydroxyl groups excluding tert-OH is 2. The summed E-state index contributed by atoms with van der Waals surface area (Å²) in [6.45, 7) is -0.171. The highest BCUT2D eigenvalue weighted by atomic mass is 19.1. The molecule has 8 heteroatoms. The topological polar surface area (TPSA) is 118 Å². The molecule has 128 valence electrons. The lowest BCUT2D eigenvalue weighted by molar-refractivity contribution is 0.0182. The molecule has 1 amide bonds. The number of alkyl carbamates (subject to hydrolysis) is 1. The van der Waals surface area contributed by atoms with Crippen molar-refractivity contribution in [1.29, 1.82) is 0 Å². The first-order valence-electron chi connectivity index (χ1n) is 7.19. The Kier molecular flexibility index (Phi) is 6.05. The van der Waals surface area contributed by atoms with Gasteiger partial charge in [0.15, 0.2) is 0 Å². The van der Waals surface area contributed by atoms with Gasteiger partial charge in [0.2, 0.25) is 5.95 Å². The molecular weight excluding hydrogens is 317 g/mol. The van der Waals surface area contributed by atoms with Crippen molar-refractivity contribution in [3.8, 4) is 0 Å². The van der Waals surface area contributed by atoms with Crippen molar-refractivity contribution in [2.75, 3.05) is 12.3 Å². The van der Waals surface area contributed by atoms with Crippen LogP contribution in [-0.2, 0) is 11.3 Å². The molecule has 0 aliphatic rings. The van der Waals surface area contributed by atoms with Gasteiger partial charge >= 0.3 is 6.09 Å². The highest BCUT2D eigenvalue weighted by Crippen LogP contribution is 2.19. The summed E-state index contributed by atoms with van der Waals surface area (Å²) >= 11 is 0. The maximum Gasteiger partial charge on any atom is 0.407 e. The summed E-state index contributed by atoms with van der Waals surface area (Å²) in [6, 6.07) is 10.3. The van der Waals surface area contributed by atoms with Crippen LogP contribution in [0.15, 0.2) is 42.6 Å². The molecule has 0 radical (unpaired) electrons. The Bertz CT molecular complexity index is 684. The largest absolute Gasteiger partial charge is 0.445 e. The van der Waals surface area contributed by atoms with Crippen molar-refractivity contribution in [2.24, 2.45) is 0 Å². The summed E-state index contributed by atoms with van der Waals surface area (Å²) in [7, 11) is 0. The predicted octanol–water partition coefficient (Wildman–Crippen LogP) is 1.12. The normalized spacial score (nSPS) is 13.1. The Morgan fingerprint density at radius 2 is 2.04 bits per heavy atom. The van der Waals surface area contributed by atoms with Crippen LogP contribution in [0.25, 0.3) is 0 Å². The first-order valence-corrected chi connectivity index (χ1v) is 7.19. The maximum absolute atomic E-state index is 13.0. The van der Waals surface area contributed by atoms with Crippen molar-refractivity contribution < 1.29 is 24.1 Å². The number of carbonyl (C=O) groups is 1. The van der Waals surface area contributed by atoms with Crippen molar-refractivity contribution in [3.63, 3.8) is 0 Å². The second kappa shape index (κ2) is 8.23. The molecule has 2 atom stereocenters. The fourth-order valence-electron chi connectivity index (χ4n) is 1.94. The minimum Gasteiger partial charge on any atom is -0.445 e. The number of pyridine rings is 1. The van der Waals surface area contributed by atoms with Gasteiger partial charge in [0.25, 0.3) is 0 Å². The van der Waals surface area contributed by atoms with Crippen molar-refractivity contribution in [3.05, 3.63) is 59.7 Å². The van der Waals surface area contributed by atoms with E-state index in [0.717, 1.165) is 11.8 Å². The van der Waals surface area contributed by atoms with Gasteiger partial charge in [0.1, 0.15) is 18.8 Å². The Labute approximate surface area is 137 Å². The number of aromatic nitrogens is 1. The van der Waals surface area contributed by atoms with Crippen LogP contribution in [0.1, 0.15) is 17.2 Å². The second-order valence-corrected chi connectivity index (χ2v) is 5.10. The molecule has 0 saturated heterocycles. The monoisotopic (exact) mass is 335 g/mol. The number of rotatable bonds is 6. The Hall–Kier alpha value is -2.71. The Morgan fingerprint density at radius 3 is 2.71 bits per heavy atom. The van der Waals surface area contributed by atoms with E-state index in [4.69, 9.17) is 10.5 Å². The van der Waals surface area contributed by atoms with Crippen LogP contribution in [0, 0.1) is 5.95 Å². The van der Waals surface area contributed by atoms with Gasteiger partial charge in [-0.3, -0.25) is 0 Å². The number of hydrogen-bond donors (Lipinski definition) is 4. The van der Waals surface area contributed by atoms with Crippen LogP contribution in [0.4, 0.5) is 14.9 Å². The number of nitrogens with zero attached hydrogens (tertiary/aromatic N) is 1. The van der Waals surface area contributed by atoms with E-state index in [1.807, 2.05) is 18.2 Å². The van der Waals surface area contributed by atoms with Gasteiger partial charge in [-0.25, -0.2) is 9.78 Å². The Morgan fingerprint density at radius 1 is 1.33 bits per heavy atom. The van der Waals surface area contributed by atoms with Gasteiger partial charge in [-0.2, -0.15) is 4.39 Å². The molecule has 1 aromatic carbocycles. The fourth-order valence-corrected chi connectivity index (χ4v) is 1.94. The van der Waals surface area contributed by atoms with E-state index in [1.54, 1.807) is 12.1 Å². The molecule has 2 aromatic rings. The van der Waals surface area contributed by atoms with E-state index < -0.39 is 24.2 Å². The van der Waals surface area contributed by atoms with Gasteiger partial charge in [-0.05, 0) is 11.6 Å². The third kappa shape index (κ3) is 4.90. The molecule has 7 nitrogen and oxygen atoms in total. The molecule has 2 unspecified atom stereocenters. The van der Waals surface area contributed by atoms with E-state index in [-0.39, 0.29) is 24.4 Å². The SMILES string of the molecule is Nc1cc(C(O)C(O)CNC(=O)OCc2ccccc2)cnc1F. The smallest absolute Gasteiger partial charge is 0.407 e. The number of benzene rings is 1. The van der Waals surface area contributed by atoms with Gasteiger partial charge < -0.3 is 26.0 Å². The number of nitrogens with one attached hydrogen (secondary N) is 1. The molecule has 0 saturated carbocycles. The van der Waals surface area contributed by atoms with Gasteiger partial charge in [-0.1, -0.05) is 30.3 Å². The van der Waals surface area contributed by atoms with Crippen LogP contribution in [0.2, 0.25) is 0 Å². The zero-order valence-electron chi connectivity index (χ0n) is 12.7. The van der Waals surface area contributed by atoms with E-state index >= 15 is 0 Å². The quantitative estimate of drug-likeness (QED) is 0.588. The van der Waals surface area contributed by atoms with E-state index in [0.29, 0.717) is 0 Å². The minimum absolute atomic E-state index is 0.0870. The first-order chi connectivity index (χ1) is 11.5. The molecule has 0 aliphatic heterocycles. The number of aliphatic hydroxyl groups is 2. The van der Waals surface area contributed by atoms with E-state index in [1.165, 1.54) is 6.07 Å². The van der Waals surface area contributed by atoms with Crippen LogP contribution in [0.3, 0.4) is 0 Å². The third-order valence-corrected chi connectivity index (χ3v) is 3.26. The molecule has 0 bridgehead atoms. The molecule has 24 heavy (non-hydrogen) atoms. The molecule has 5 N–H and O–H groups in total. The molecule has 0 fully saturated rings. The maximum atomic E-state index is 13.0. The summed E-state index contributed by atoms with van der Waals surface area (Å²) in [5, 5.41) is 22.2. The van der Waals surface area contributed by atoms with E-state index in [2.05, 4.69) is 10.3 Å². The second-order valence-electron chi connectivity index (χ2n) is 5.10. The standard InChI is InChI=1S/C16H18FN3O4/c17-15-12(18)6-11(7-19-15)14(22)13(21)8-20-16(23)24-9-10-4-2-1-3-5-10/h1-7,13-14,21-22H,8-9,18H2,(H,20,23). The average molecular weight is 335 g/mol. The molecule has 0 spiro atoms. The lowest BCUT2D eigenvalue weighted by Crippen LogP contribution is -2.35. The summed E-state index contributed by atoms with van der Waals surface area (Å²) in [6.07, 6.45) is -2.38. The average Bonchev–Trinajstić information content (AvgIpc) is 2.60. The summed E-state index contributed by atoms with van der Waals surface area (Å²) in [4.78, 5) is 14.9. The van der Waals surface area contributed by atoms with Crippen LogP contribution < -0.4 is 11.1 Å². The van der Waals surface area contributed by atoms with Gasteiger partial charge in [-0.15, -0.1) is 0 Å². The van der Waals surface area contributed by atoms with Gasteiger partial charge in [0.05, 0.1) is 5.69 Å². The summed E-state index contributed by atoms with van der Waals surface area (Å²) < 4.78 is 18.0. The Balaban J connectivity index is 1.80. The van der Waals surface area contributed by atoms with Crippen molar-refractivity contribution in [2.45, 2.75) is 18.8 Å². The van der Waals surface area contributed by atoms with E-state index in [9.17, 15) is 19.4 Å².